The van der Waals surface area contributed by atoms with Crippen LogP contribution in [0.4, 0.5) is 0 Å². The summed E-state index contributed by atoms with van der Waals surface area (Å²) >= 11 is 0. The Balaban J connectivity index is 1.48. The molecular weight excluding hydrogens is 250 g/mol. The third-order valence-electron chi connectivity index (χ3n) is 5.28. The van der Waals surface area contributed by atoms with Crippen LogP contribution < -0.4 is 0 Å². The first-order chi connectivity index (χ1) is 9.61. The summed E-state index contributed by atoms with van der Waals surface area (Å²) < 4.78 is 0. The van der Waals surface area contributed by atoms with Gasteiger partial charge in [-0.05, 0) is 68.7 Å². The van der Waals surface area contributed by atoms with Crippen LogP contribution in [-0.2, 0) is 6.42 Å². The molecule has 2 fully saturated rings. The van der Waals surface area contributed by atoms with Crippen molar-refractivity contribution in [1.82, 2.24) is 4.90 Å². The van der Waals surface area contributed by atoms with Crippen molar-refractivity contribution in [2.45, 2.75) is 44.2 Å². The lowest BCUT2D eigenvalue weighted by atomic mass is 10.0. The molecule has 2 unspecified atom stereocenters. The van der Waals surface area contributed by atoms with Gasteiger partial charge in [-0.1, -0.05) is 12.1 Å². The zero-order chi connectivity index (χ0) is 14.1. The zero-order valence-electron chi connectivity index (χ0n) is 12.2. The third kappa shape index (κ3) is 2.99. The summed E-state index contributed by atoms with van der Waals surface area (Å²) in [5.41, 5.74) is 1.28. The molecule has 0 aromatic heterocycles. The van der Waals surface area contributed by atoms with E-state index in [0.717, 1.165) is 37.6 Å². The zero-order valence-corrected chi connectivity index (χ0v) is 12.2. The van der Waals surface area contributed by atoms with Gasteiger partial charge in [0.25, 0.3) is 0 Å². The van der Waals surface area contributed by atoms with Gasteiger partial charge in [0.05, 0.1) is 6.10 Å². The summed E-state index contributed by atoms with van der Waals surface area (Å²) in [7, 11) is 2.22. The molecule has 0 spiro atoms. The first kappa shape index (κ1) is 13.9. The molecule has 1 aromatic rings. The number of fused-ring (bicyclic) bond motifs is 1. The van der Waals surface area contributed by atoms with E-state index in [9.17, 15) is 10.2 Å². The van der Waals surface area contributed by atoms with Crippen molar-refractivity contribution >= 4 is 0 Å². The SMILES string of the molecule is CN(CCc1ccc(O)cc1)C1C[C@H]2CC(O)C[C@H]2C1. The lowest BCUT2D eigenvalue weighted by Crippen LogP contribution is -2.32. The molecule has 110 valence electrons. The highest BCUT2D eigenvalue weighted by Gasteiger charge is 2.41. The van der Waals surface area contributed by atoms with E-state index >= 15 is 0 Å². The van der Waals surface area contributed by atoms with Crippen molar-refractivity contribution in [3.05, 3.63) is 29.8 Å². The maximum absolute atomic E-state index is 9.70. The molecule has 3 heteroatoms. The number of phenolic OH excluding ortho intramolecular Hbond substituents is 1. The minimum Gasteiger partial charge on any atom is -0.508 e. The number of aliphatic hydroxyl groups is 1. The lowest BCUT2D eigenvalue weighted by Gasteiger charge is -2.25. The van der Waals surface area contributed by atoms with Gasteiger partial charge in [0, 0.05) is 12.6 Å². The van der Waals surface area contributed by atoms with Crippen molar-refractivity contribution in [3.8, 4) is 5.75 Å². The van der Waals surface area contributed by atoms with E-state index < -0.39 is 0 Å². The smallest absolute Gasteiger partial charge is 0.115 e. The molecule has 2 N–H and O–H groups in total. The van der Waals surface area contributed by atoms with Gasteiger partial charge < -0.3 is 15.1 Å². The highest BCUT2D eigenvalue weighted by molar-refractivity contribution is 5.26. The Kier molecular flexibility index (Phi) is 3.99. The Hall–Kier alpha value is -1.06. The second-order valence-corrected chi connectivity index (χ2v) is 6.67. The Bertz CT molecular complexity index is 431. The van der Waals surface area contributed by atoms with Gasteiger partial charge in [-0.15, -0.1) is 0 Å². The van der Waals surface area contributed by atoms with Crippen LogP contribution >= 0.6 is 0 Å². The normalized spacial score (nSPS) is 32.8. The summed E-state index contributed by atoms with van der Waals surface area (Å²) in [6, 6.07) is 8.22. The minimum absolute atomic E-state index is 0.0340. The number of rotatable bonds is 4. The second-order valence-electron chi connectivity index (χ2n) is 6.67. The predicted molar refractivity (Wildman–Crippen MR) is 79.7 cm³/mol. The van der Waals surface area contributed by atoms with Gasteiger partial charge in [-0.25, -0.2) is 0 Å². The van der Waals surface area contributed by atoms with Crippen molar-refractivity contribution in [3.63, 3.8) is 0 Å². The largest absolute Gasteiger partial charge is 0.508 e. The fourth-order valence-electron chi connectivity index (χ4n) is 4.06. The topological polar surface area (TPSA) is 43.7 Å². The molecule has 3 nitrogen and oxygen atoms in total. The molecule has 3 rings (SSSR count). The number of phenols is 1. The average Bonchev–Trinajstić information content (AvgIpc) is 2.95. The van der Waals surface area contributed by atoms with E-state index in [2.05, 4.69) is 11.9 Å². The number of hydrogen-bond acceptors (Lipinski definition) is 3. The Morgan fingerprint density at radius 2 is 1.65 bits per heavy atom. The summed E-state index contributed by atoms with van der Waals surface area (Å²) in [4.78, 5) is 2.48. The quantitative estimate of drug-likeness (QED) is 0.887. The monoisotopic (exact) mass is 275 g/mol. The minimum atomic E-state index is -0.0340. The van der Waals surface area contributed by atoms with Crippen LogP contribution in [0.5, 0.6) is 5.75 Å². The van der Waals surface area contributed by atoms with Crippen LogP contribution in [-0.4, -0.2) is 40.9 Å². The Morgan fingerprint density at radius 1 is 1.05 bits per heavy atom. The standard InChI is InChI=1S/C17H25NO2/c1-18(7-6-12-2-4-16(19)5-3-12)15-8-13-10-17(20)11-14(13)9-15/h2-5,13-15,17,19-20H,6-11H2,1H3/t13-,14+,15?,17?. The van der Waals surface area contributed by atoms with E-state index in [1.165, 1.54) is 18.4 Å². The van der Waals surface area contributed by atoms with Gasteiger partial charge in [0.1, 0.15) is 5.75 Å². The lowest BCUT2D eigenvalue weighted by molar-refractivity contribution is 0.160. The van der Waals surface area contributed by atoms with E-state index in [1.807, 2.05) is 12.1 Å². The maximum atomic E-state index is 9.70. The van der Waals surface area contributed by atoms with Crippen LogP contribution in [0.1, 0.15) is 31.2 Å². The third-order valence-corrected chi connectivity index (χ3v) is 5.28. The molecule has 0 amide bonds. The first-order valence-electron chi connectivity index (χ1n) is 7.78. The number of nitrogens with zero attached hydrogens (tertiary/aromatic N) is 1. The van der Waals surface area contributed by atoms with Gasteiger partial charge in [-0.2, -0.15) is 0 Å². The predicted octanol–water partition coefficient (Wildman–Crippen LogP) is 2.42. The van der Waals surface area contributed by atoms with Crippen molar-refractivity contribution in [2.75, 3.05) is 13.6 Å². The van der Waals surface area contributed by atoms with Crippen molar-refractivity contribution < 1.29 is 10.2 Å². The maximum Gasteiger partial charge on any atom is 0.115 e. The van der Waals surface area contributed by atoms with Crippen LogP contribution in [0.3, 0.4) is 0 Å². The summed E-state index contributed by atoms with van der Waals surface area (Å²) in [6.45, 7) is 1.07. The number of aliphatic hydroxyl groups excluding tert-OH is 1. The molecule has 0 bridgehead atoms. The molecule has 0 saturated heterocycles. The number of hydrogen-bond donors (Lipinski definition) is 2. The fraction of sp³-hybridized carbons (Fsp3) is 0.647. The average molecular weight is 275 g/mol. The van der Waals surface area contributed by atoms with Gasteiger partial charge >= 0.3 is 0 Å². The van der Waals surface area contributed by atoms with Gasteiger partial charge in [-0.3, -0.25) is 0 Å². The fourth-order valence-corrected chi connectivity index (χ4v) is 4.06. The molecule has 2 aliphatic rings. The van der Waals surface area contributed by atoms with Gasteiger partial charge in [0.2, 0.25) is 0 Å². The molecule has 20 heavy (non-hydrogen) atoms. The van der Waals surface area contributed by atoms with Crippen LogP contribution in [0.2, 0.25) is 0 Å². The van der Waals surface area contributed by atoms with E-state index in [4.69, 9.17) is 0 Å². The van der Waals surface area contributed by atoms with Crippen molar-refractivity contribution in [1.29, 1.82) is 0 Å². The molecule has 0 aliphatic heterocycles. The van der Waals surface area contributed by atoms with Crippen LogP contribution in [0.25, 0.3) is 0 Å². The number of likely N-dealkylation sites (N-methyl/N-ethyl adjacent to an activating group) is 1. The van der Waals surface area contributed by atoms with E-state index in [-0.39, 0.29) is 6.10 Å². The van der Waals surface area contributed by atoms with Crippen molar-refractivity contribution in [2.24, 2.45) is 11.8 Å². The summed E-state index contributed by atoms with van der Waals surface area (Å²) in [5.74, 6) is 1.85. The van der Waals surface area contributed by atoms with E-state index in [0.29, 0.717) is 11.8 Å². The Morgan fingerprint density at radius 3 is 2.25 bits per heavy atom. The molecule has 1 aromatic carbocycles. The van der Waals surface area contributed by atoms with Crippen LogP contribution in [0.15, 0.2) is 24.3 Å². The number of aromatic hydroxyl groups is 1. The number of benzene rings is 1. The molecular formula is C17H25NO2. The molecule has 2 aliphatic carbocycles. The van der Waals surface area contributed by atoms with Gasteiger partial charge in [0.15, 0.2) is 0 Å². The second kappa shape index (κ2) is 5.74. The molecule has 4 atom stereocenters. The van der Waals surface area contributed by atoms with E-state index in [1.54, 1.807) is 12.1 Å². The summed E-state index contributed by atoms with van der Waals surface area (Å²) in [5, 5.41) is 19.0. The summed E-state index contributed by atoms with van der Waals surface area (Å²) in [6.07, 6.45) is 5.56. The molecule has 0 heterocycles. The first-order valence-corrected chi connectivity index (χ1v) is 7.78. The highest BCUT2D eigenvalue weighted by atomic mass is 16.3. The Labute approximate surface area is 121 Å². The van der Waals surface area contributed by atoms with Crippen LogP contribution in [0, 0.1) is 11.8 Å². The highest BCUT2D eigenvalue weighted by Crippen LogP contribution is 2.45. The molecule has 2 saturated carbocycles. The molecule has 0 radical (unpaired) electrons.